The number of carbonyl (C=O) groups is 2. The van der Waals surface area contributed by atoms with E-state index in [1.54, 1.807) is 21.5 Å². The Morgan fingerprint density at radius 3 is 2.62 bits per heavy atom. The summed E-state index contributed by atoms with van der Waals surface area (Å²) in [4.78, 5) is 32.3. The van der Waals surface area contributed by atoms with Gasteiger partial charge in [-0.25, -0.2) is 4.52 Å². The second kappa shape index (κ2) is 10.5. The van der Waals surface area contributed by atoms with Gasteiger partial charge in [-0.05, 0) is 49.9 Å². The average Bonchev–Trinajstić information content (AvgIpc) is 3.49. The highest BCUT2D eigenvalue weighted by atomic mass is 19.4. The highest BCUT2D eigenvalue weighted by Crippen LogP contribution is 2.36. The first-order chi connectivity index (χ1) is 20.2. The molecular formula is C28H25F3N8O3. The number of aromatic nitrogens is 5. The molecule has 0 radical (unpaired) electrons. The van der Waals surface area contributed by atoms with Gasteiger partial charge in [0, 0.05) is 30.9 Å². The van der Waals surface area contributed by atoms with E-state index in [1.165, 1.54) is 28.0 Å². The van der Waals surface area contributed by atoms with Crippen LogP contribution in [-0.2, 0) is 10.3 Å². The molecule has 3 aromatic heterocycles. The number of fused-ring (bicyclic) bond motifs is 1. The number of piperidine rings is 1. The first kappa shape index (κ1) is 27.3. The Hall–Kier alpha value is -4.93. The van der Waals surface area contributed by atoms with Crippen LogP contribution in [0.1, 0.15) is 42.5 Å². The maximum Gasteiger partial charge on any atom is 0.573 e. The van der Waals surface area contributed by atoms with Gasteiger partial charge in [-0.1, -0.05) is 18.2 Å². The number of nitrogens with zero attached hydrogens (tertiary/aromatic N) is 8. The van der Waals surface area contributed by atoms with E-state index in [1.807, 2.05) is 18.3 Å². The molecule has 1 aromatic carbocycles. The molecule has 11 nitrogen and oxygen atoms in total. The van der Waals surface area contributed by atoms with E-state index in [4.69, 9.17) is 0 Å². The van der Waals surface area contributed by atoms with Gasteiger partial charge in [0.2, 0.25) is 6.41 Å². The van der Waals surface area contributed by atoms with Crippen LogP contribution in [0, 0.1) is 11.3 Å². The largest absolute Gasteiger partial charge is 0.573 e. The number of hydrogen-bond acceptors (Lipinski definition) is 7. The topological polar surface area (TPSA) is 122 Å². The molecule has 1 aliphatic heterocycles. The van der Waals surface area contributed by atoms with E-state index in [-0.39, 0.29) is 31.1 Å². The third-order valence-electron chi connectivity index (χ3n) is 7.73. The zero-order valence-corrected chi connectivity index (χ0v) is 22.2. The number of amides is 2. The molecule has 14 heteroatoms. The van der Waals surface area contributed by atoms with Gasteiger partial charge >= 0.3 is 6.36 Å². The summed E-state index contributed by atoms with van der Waals surface area (Å²) in [6.45, 7) is 0.418. The summed E-state index contributed by atoms with van der Waals surface area (Å²) in [6.07, 6.45) is 1.96. The van der Waals surface area contributed by atoms with E-state index < -0.39 is 23.6 Å². The second-order valence-electron chi connectivity index (χ2n) is 10.4. The Balaban J connectivity index is 1.24. The third-order valence-corrected chi connectivity index (χ3v) is 7.73. The molecule has 2 aliphatic rings. The summed E-state index contributed by atoms with van der Waals surface area (Å²) in [5.74, 6) is -0.808. The van der Waals surface area contributed by atoms with Crippen LogP contribution in [0.4, 0.5) is 19.1 Å². The van der Waals surface area contributed by atoms with Crippen molar-refractivity contribution >= 4 is 23.9 Å². The zero-order chi connectivity index (χ0) is 29.5. The fourth-order valence-corrected chi connectivity index (χ4v) is 5.37. The molecule has 0 N–H and O–H groups in total. The standard InChI is InChI=1S/C28H25F3N8O3/c29-28(30,31)42-23-6-2-1-4-21(23)25(41)36-14-11-27(10-13-32,12-15-36)38-17-19(16-33-38)22-5-3-7-24-34-26(35-39(22)24)37(18-40)20-8-9-20/h1-7,16-18,20H,8-12,14-15H2. The molecule has 2 amide bonds. The first-order valence-electron chi connectivity index (χ1n) is 13.4. The monoisotopic (exact) mass is 578 g/mol. The van der Waals surface area contributed by atoms with Gasteiger partial charge in [-0.3, -0.25) is 19.2 Å². The van der Waals surface area contributed by atoms with Gasteiger partial charge in [0.25, 0.3) is 11.9 Å². The Morgan fingerprint density at radius 1 is 1.17 bits per heavy atom. The molecule has 1 saturated heterocycles. The number of halogens is 3. The van der Waals surface area contributed by atoms with E-state index in [0.29, 0.717) is 30.1 Å². The van der Waals surface area contributed by atoms with Crippen molar-refractivity contribution in [2.75, 3.05) is 18.0 Å². The maximum atomic E-state index is 13.2. The molecule has 216 valence electrons. The van der Waals surface area contributed by atoms with Crippen molar-refractivity contribution in [1.29, 1.82) is 5.26 Å². The maximum absolute atomic E-state index is 13.2. The Labute approximate surface area is 237 Å². The molecule has 4 aromatic rings. The molecule has 0 atom stereocenters. The van der Waals surface area contributed by atoms with Gasteiger partial charge in [-0.2, -0.15) is 15.3 Å². The number of para-hydroxylation sites is 1. The Kier molecular flexibility index (Phi) is 6.80. The van der Waals surface area contributed by atoms with Crippen molar-refractivity contribution in [1.82, 2.24) is 29.3 Å². The second-order valence-corrected chi connectivity index (χ2v) is 10.4. The molecule has 6 rings (SSSR count). The lowest BCUT2D eigenvalue weighted by molar-refractivity contribution is -0.274. The average molecular weight is 579 g/mol. The number of anilines is 1. The van der Waals surface area contributed by atoms with Crippen molar-refractivity contribution in [3.05, 3.63) is 60.4 Å². The lowest BCUT2D eigenvalue weighted by Gasteiger charge is -2.40. The van der Waals surface area contributed by atoms with Crippen LogP contribution in [0.5, 0.6) is 5.75 Å². The minimum absolute atomic E-state index is 0.111. The van der Waals surface area contributed by atoms with Crippen LogP contribution in [0.15, 0.2) is 54.9 Å². The Bertz CT molecular complexity index is 1680. The first-order valence-corrected chi connectivity index (χ1v) is 13.4. The minimum Gasteiger partial charge on any atom is -0.405 e. The third kappa shape index (κ3) is 5.13. The van der Waals surface area contributed by atoms with E-state index in [0.717, 1.165) is 30.9 Å². The fraction of sp³-hybridized carbons (Fsp3) is 0.357. The minimum atomic E-state index is -4.93. The molecular weight excluding hydrogens is 553 g/mol. The quantitative estimate of drug-likeness (QED) is 0.288. The predicted octanol–water partition coefficient (Wildman–Crippen LogP) is 4.16. The normalized spacial score (nSPS) is 16.7. The zero-order valence-electron chi connectivity index (χ0n) is 22.2. The van der Waals surface area contributed by atoms with Gasteiger partial charge in [0.15, 0.2) is 5.65 Å². The number of alkyl halides is 3. The van der Waals surface area contributed by atoms with Crippen LogP contribution < -0.4 is 9.64 Å². The lowest BCUT2D eigenvalue weighted by atomic mass is 9.84. The van der Waals surface area contributed by atoms with E-state index in [2.05, 4.69) is 26.0 Å². The molecule has 0 spiro atoms. The molecule has 1 saturated carbocycles. The number of benzene rings is 1. The summed E-state index contributed by atoms with van der Waals surface area (Å²) in [7, 11) is 0. The lowest BCUT2D eigenvalue weighted by Crippen LogP contribution is -2.48. The van der Waals surface area contributed by atoms with Crippen LogP contribution in [-0.4, -0.2) is 67.1 Å². The number of likely N-dealkylation sites (tertiary alicyclic amines) is 1. The van der Waals surface area contributed by atoms with Crippen LogP contribution in [0.25, 0.3) is 16.9 Å². The number of carbonyl (C=O) groups excluding carboxylic acids is 2. The van der Waals surface area contributed by atoms with Gasteiger partial charge < -0.3 is 9.64 Å². The number of rotatable bonds is 8. The van der Waals surface area contributed by atoms with Crippen molar-refractivity contribution in [3.8, 4) is 23.1 Å². The van der Waals surface area contributed by atoms with Gasteiger partial charge in [-0.15, -0.1) is 18.3 Å². The Morgan fingerprint density at radius 2 is 1.93 bits per heavy atom. The molecule has 0 bridgehead atoms. The molecule has 0 unspecified atom stereocenters. The summed E-state index contributed by atoms with van der Waals surface area (Å²) in [6, 6.07) is 13.1. The van der Waals surface area contributed by atoms with Crippen molar-refractivity contribution in [2.45, 2.75) is 50.0 Å². The van der Waals surface area contributed by atoms with Crippen LogP contribution >= 0.6 is 0 Å². The fourth-order valence-electron chi connectivity index (χ4n) is 5.37. The van der Waals surface area contributed by atoms with Crippen LogP contribution in [0.2, 0.25) is 0 Å². The summed E-state index contributed by atoms with van der Waals surface area (Å²) in [5.41, 5.74) is 1.07. The number of nitriles is 1. The number of hydrogen-bond donors (Lipinski definition) is 0. The van der Waals surface area contributed by atoms with Crippen LogP contribution in [0.3, 0.4) is 0 Å². The summed E-state index contributed by atoms with van der Waals surface area (Å²) in [5, 5.41) is 18.8. The smallest absolute Gasteiger partial charge is 0.405 e. The van der Waals surface area contributed by atoms with E-state index in [9.17, 15) is 28.0 Å². The van der Waals surface area contributed by atoms with Gasteiger partial charge in [0.1, 0.15) is 5.75 Å². The molecule has 42 heavy (non-hydrogen) atoms. The summed E-state index contributed by atoms with van der Waals surface area (Å²) >= 11 is 0. The van der Waals surface area contributed by atoms with Crippen molar-refractivity contribution in [2.24, 2.45) is 0 Å². The number of pyridine rings is 1. The highest BCUT2D eigenvalue weighted by molar-refractivity contribution is 5.97. The predicted molar refractivity (Wildman–Crippen MR) is 142 cm³/mol. The van der Waals surface area contributed by atoms with Gasteiger partial charge in [0.05, 0.1) is 35.5 Å². The number of ether oxygens (including phenoxy) is 1. The van der Waals surface area contributed by atoms with Crippen molar-refractivity contribution in [3.63, 3.8) is 0 Å². The molecule has 1 aliphatic carbocycles. The van der Waals surface area contributed by atoms with Crippen molar-refractivity contribution < 1.29 is 27.5 Å². The molecule has 2 fully saturated rings. The van der Waals surface area contributed by atoms with E-state index >= 15 is 0 Å². The summed E-state index contributed by atoms with van der Waals surface area (Å²) < 4.78 is 46.1. The highest BCUT2D eigenvalue weighted by Gasteiger charge is 2.40. The SMILES string of the molecule is N#CCC1(n2cc(-c3cccc4nc(N(C=O)C5CC5)nn34)cn2)CCN(C(=O)c2ccccc2OC(F)(F)F)CC1. The molecule has 4 heterocycles.